The molecule has 6 heteroatoms. The van der Waals surface area contributed by atoms with Gasteiger partial charge >= 0.3 is 5.97 Å². The van der Waals surface area contributed by atoms with Crippen LogP contribution in [0.15, 0.2) is 24.3 Å². The van der Waals surface area contributed by atoms with Crippen molar-refractivity contribution in [3.8, 4) is 0 Å². The van der Waals surface area contributed by atoms with Crippen LogP contribution in [-0.4, -0.2) is 29.1 Å². The summed E-state index contributed by atoms with van der Waals surface area (Å²) in [5.74, 6) is -1.65. The second-order valence-electron chi connectivity index (χ2n) is 5.12. The predicted molar refractivity (Wildman–Crippen MR) is 78.6 cm³/mol. The van der Waals surface area contributed by atoms with Crippen LogP contribution in [0.2, 0.25) is 0 Å². The molecule has 0 bridgehead atoms. The first-order valence-corrected chi connectivity index (χ1v) is 6.91. The third-order valence-electron chi connectivity index (χ3n) is 3.20. The summed E-state index contributed by atoms with van der Waals surface area (Å²) >= 11 is 0. The lowest BCUT2D eigenvalue weighted by molar-refractivity contribution is -0.144. The summed E-state index contributed by atoms with van der Waals surface area (Å²) in [6, 6.07) is 5.61. The zero-order valence-corrected chi connectivity index (χ0v) is 12.3. The van der Waals surface area contributed by atoms with Crippen molar-refractivity contribution >= 4 is 17.6 Å². The van der Waals surface area contributed by atoms with Gasteiger partial charge in [0.15, 0.2) is 0 Å². The lowest BCUT2D eigenvalue weighted by Gasteiger charge is -2.25. The molecule has 116 valence electrons. The molecule has 1 rings (SSSR count). The molecule has 0 radical (unpaired) electrons. The summed E-state index contributed by atoms with van der Waals surface area (Å²) < 4.78 is 13.0. The summed E-state index contributed by atoms with van der Waals surface area (Å²) in [6.45, 7) is 3.74. The van der Waals surface area contributed by atoms with E-state index in [9.17, 15) is 19.1 Å². The van der Waals surface area contributed by atoms with E-state index in [4.69, 9.17) is 0 Å². The molecule has 0 fully saturated rings. The highest BCUT2D eigenvalue weighted by molar-refractivity contribution is 5.90. The van der Waals surface area contributed by atoms with Crippen LogP contribution in [0.3, 0.4) is 0 Å². The molecule has 1 unspecified atom stereocenters. The standard InChI is InChI=1S/C15H21FN2O3/c1-3-8-15(2,14(20)21)17-9-7-13(19)18-12-6-4-5-11(16)10-12/h4-6,10,17H,3,7-9H2,1-2H3,(H,18,19)(H,20,21). The maximum atomic E-state index is 13.0. The summed E-state index contributed by atoms with van der Waals surface area (Å²) in [4.78, 5) is 22.9. The van der Waals surface area contributed by atoms with Gasteiger partial charge in [0.2, 0.25) is 5.91 Å². The summed E-state index contributed by atoms with van der Waals surface area (Å²) in [5, 5.41) is 14.6. The maximum Gasteiger partial charge on any atom is 0.323 e. The minimum absolute atomic E-state index is 0.114. The normalized spacial score (nSPS) is 13.5. The van der Waals surface area contributed by atoms with Crippen LogP contribution in [0.25, 0.3) is 0 Å². The fourth-order valence-electron chi connectivity index (χ4n) is 2.01. The zero-order chi connectivity index (χ0) is 15.9. The average molecular weight is 296 g/mol. The Morgan fingerprint density at radius 1 is 1.38 bits per heavy atom. The number of rotatable bonds is 8. The van der Waals surface area contributed by atoms with Gasteiger partial charge in [-0.1, -0.05) is 19.4 Å². The molecule has 0 saturated carbocycles. The van der Waals surface area contributed by atoms with E-state index >= 15 is 0 Å². The third-order valence-corrected chi connectivity index (χ3v) is 3.20. The molecule has 3 N–H and O–H groups in total. The van der Waals surface area contributed by atoms with Gasteiger partial charge in [-0.2, -0.15) is 0 Å². The Morgan fingerprint density at radius 3 is 2.67 bits per heavy atom. The van der Waals surface area contributed by atoms with Crippen molar-refractivity contribution in [3.05, 3.63) is 30.1 Å². The molecule has 0 aromatic heterocycles. The second kappa shape index (κ2) is 7.73. The molecule has 1 aromatic rings. The van der Waals surface area contributed by atoms with Crippen LogP contribution >= 0.6 is 0 Å². The van der Waals surface area contributed by atoms with Crippen molar-refractivity contribution in [2.45, 2.75) is 38.6 Å². The second-order valence-corrected chi connectivity index (χ2v) is 5.12. The fourth-order valence-corrected chi connectivity index (χ4v) is 2.01. The smallest absolute Gasteiger partial charge is 0.323 e. The summed E-state index contributed by atoms with van der Waals surface area (Å²) in [5.41, 5.74) is -0.650. The van der Waals surface area contributed by atoms with Crippen molar-refractivity contribution in [2.75, 3.05) is 11.9 Å². The van der Waals surface area contributed by atoms with Gasteiger partial charge in [0.25, 0.3) is 0 Å². The van der Waals surface area contributed by atoms with E-state index in [1.54, 1.807) is 13.0 Å². The number of carbonyl (C=O) groups is 2. The molecule has 0 aliphatic rings. The Morgan fingerprint density at radius 2 is 2.10 bits per heavy atom. The number of anilines is 1. The van der Waals surface area contributed by atoms with Crippen LogP contribution < -0.4 is 10.6 Å². The first-order chi connectivity index (χ1) is 9.87. The molecule has 0 aliphatic carbocycles. The molecule has 21 heavy (non-hydrogen) atoms. The molecular weight excluding hydrogens is 275 g/mol. The number of amides is 1. The minimum Gasteiger partial charge on any atom is -0.480 e. The van der Waals surface area contributed by atoms with E-state index in [-0.39, 0.29) is 18.9 Å². The van der Waals surface area contributed by atoms with Gasteiger partial charge in [-0.05, 0) is 31.5 Å². The summed E-state index contributed by atoms with van der Waals surface area (Å²) in [6.07, 6.45) is 1.32. The molecule has 1 aromatic carbocycles. The number of carboxylic acids is 1. The number of nitrogens with one attached hydrogen (secondary N) is 2. The zero-order valence-electron chi connectivity index (χ0n) is 12.3. The van der Waals surface area contributed by atoms with Gasteiger partial charge in [0.05, 0.1) is 0 Å². The predicted octanol–water partition coefficient (Wildman–Crippen LogP) is 2.39. The molecular formula is C15H21FN2O3. The van der Waals surface area contributed by atoms with Gasteiger partial charge in [-0.15, -0.1) is 0 Å². The van der Waals surface area contributed by atoms with Crippen LogP contribution in [0.4, 0.5) is 10.1 Å². The number of carboxylic acid groups (broad SMARTS) is 1. The summed E-state index contributed by atoms with van der Waals surface area (Å²) in [7, 11) is 0. The Hall–Kier alpha value is -1.95. The first kappa shape index (κ1) is 17.1. The van der Waals surface area contributed by atoms with Gasteiger partial charge in [0, 0.05) is 18.7 Å². The molecule has 5 nitrogen and oxygen atoms in total. The Balaban J connectivity index is 2.44. The van der Waals surface area contributed by atoms with Crippen LogP contribution in [0, 0.1) is 5.82 Å². The molecule has 1 amide bonds. The number of halogens is 1. The highest BCUT2D eigenvalue weighted by Crippen LogP contribution is 2.13. The highest BCUT2D eigenvalue weighted by atomic mass is 19.1. The average Bonchev–Trinajstić information content (AvgIpc) is 2.38. The van der Waals surface area contributed by atoms with Gasteiger partial charge in [-0.25, -0.2) is 4.39 Å². The van der Waals surface area contributed by atoms with E-state index in [1.165, 1.54) is 18.2 Å². The van der Waals surface area contributed by atoms with Gasteiger partial charge < -0.3 is 15.7 Å². The number of carbonyl (C=O) groups excluding carboxylic acids is 1. The Bertz CT molecular complexity index is 507. The van der Waals surface area contributed by atoms with Crippen molar-refractivity contribution < 1.29 is 19.1 Å². The number of hydrogen-bond acceptors (Lipinski definition) is 3. The van der Waals surface area contributed by atoms with Crippen molar-refractivity contribution in [1.29, 1.82) is 0 Å². The molecule has 1 atom stereocenters. The van der Waals surface area contributed by atoms with E-state index in [0.717, 1.165) is 6.42 Å². The maximum absolute atomic E-state index is 13.0. The van der Waals surface area contributed by atoms with Gasteiger partial charge in [0.1, 0.15) is 11.4 Å². The minimum atomic E-state index is -1.03. The van der Waals surface area contributed by atoms with E-state index < -0.39 is 17.3 Å². The lowest BCUT2D eigenvalue weighted by Crippen LogP contribution is -2.50. The van der Waals surface area contributed by atoms with Crippen LogP contribution in [-0.2, 0) is 9.59 Å². The lowest BCUT2D eigenvalue weighted by atomic mass is 9.96. The van der Waals surface area contributed by atoms with E-state index in [0.29, 0.717) is 12.1 Å². The highest BCUT2D eigenvalue weighted by Gasteiger charge is 2.31. The fraction of sp³-hybridized carbons (Fsp3) is 0.467. The van der Waals surface area contributed by atoms with Crippen molar-refractivity contribution in [1.82, 2.24) is 5.32 Å². The van der Waals surface area contributed by atoms with Crippen LogP contribution in [0.1, 0.15) is 33.1 Å². The van der Waals surface area contributed by atoms with E-state index in [1.807, 2.05) is 6.92 Å². The van der Waals surface area contributed by atoms with Crippen molar-refractivity contribution in [3.63, 3.8) is 0 Å². The number of hydrogen-bond donors (Lipinski definition) is 3. The van der Waals surface area contributed by atoms with Crippen molar-refractivity contribution in [2.24, 2.45) is 0 Å². The molecule has 0 spiro atoms. The molecule has 0 aliphatic heterocycles. The van der Waals surface area contributed by atoms with Gasteiger partial charge in [-0.3, -0.25) is 9.59 Å². The quantitative estimate of drug-likeness (QED) is 0.688. The largest absolute Gasteiger partial charge is 0.480 e. The Kier molecular flexibility index (Phi) is 6.30. The first-order valence-electron chi connectivity index (χ1n) is 6.91. The van der Waals surface area contributed by atoms with Crippen LogP contribution in [0.5, 0.6) is 0 Å². The molecule has 0 saturated heterocycles. The topological polar surface area (TPSA) is 78.4 Å². The Labute approximate surface area is 123 Å². The molecule has 0 heterocycles. The third kappa shape index (κ3) is 5.51. The number of aliphatic carboxylic acids is 1. The monoisotopic (exact) mass is 296 g/mol. The number of benzene rings is 1. The SMILES string of the molecule is CCCC(C)(NCCC(=O)Nc1cccc(F)c1)C(=O)O. The van der Waals surface area contributed by atoms with E-state index in [2.05, 4.69) is 10.6 Å².